The number of alkyl halides is 6. The van der Waals surface area contributed by atoms with E-state index in [1.54, 1.807) is 0 Å². The van der Waals surface area contributed by atoms with Gasteiger partial charge >= 0.3 is 12.4 Å². The summed E-state index contributed by atoms with van der Waals surface area (Å²) in [5.41, 5.74) is -5.61. The van der Waals surface area contributed by atoms with Gasteiger partial charge in [-0.1, -0.05) is 6.42 Å². The van der Waals surface area contributed by atoms with Crippen molar-refractivity contribution >= 4 is 9.84 Å². The minimum absolute atomic E-state index is 0.00669. The minimum Gasteiger partial charge on any atom is -0.385 e. The van der Waals surface area contributed by atoms with E-state index in [4.69, 9.17) is 0 Å². The highest BCUT2D eigenvalue weighted by Crippen LogP contribution is 2.48. The van der Waals surface area contributed by atoms with Crippen molar-refractivity contribution in [3.05, 3.63) is 34.9 Å². The Hall–Kier alpha value is -1.29. The molecular weight excluding hydrogens is 386 g/mol. The first-order chi connectivity index (χ1) is 11.7. The summed E-state index contributed by atoms with van der Waals surface area (Å²) in [6.45, 7) is 0. The fourth-order valence-corrected chi connectivity index (χ4v) is 6.46. The van der Waals surface area contributed by atoms with Gasteiger partial charge in [0, 0.05) is 0 Å². The van der Waals surface area contributed by atoms with Crippen LogP contribution < -0.4 is 0 Å². The number of sulfone groups is 1. The van der Waals surface area contributed by atoms with E-state index in [1.807, 2.05) is 0 Å². The molecule has 1 aromatic rings. The molecule has 1 N–H and O–H groups in total. The van der Waals surface area contributed by atoms with Crippen LogP contribution in [0.2, 0.25) is 0 Å². The average molecular weight is 402 g/mol. The van der Waals surface area contributed by atoms with Crippen LogP contribution in [0.3, 0.4) is 0 Å². The van der Waals surface area contributed by atoms with Crippen molar-refractivity contribution in [1.29, 1.82) is 0 Å². The SMILES string of the molecule is O=S1(=O)C2CCCC1CC(O)(c1cc(C(F)(F)F)cc(C(F)(F)F)c1)C2. The van der Waals surface area contributed by atoms with Gasteiger partial charge in [0.2, 0.25) is 0 Å². The van der Waals surface area contributed by atoms with Gasteiger partial charge in [0.05, 0.1) is 27.2 Å². The van der Waals surface area contributed by atoms with Gasteiger partial charge in [-0.05, 0) is 49.4 Å². The number of rotatable bonds is 1. The fraction of sp³-hybridized carbons (Fsp3) is 0.625. The molecule has 0 radical (unpaired) electrons. The maximum absolute atomic E-state index is 13.0. The molecule has 0 saturated carbocycles. The van der Waals surface area contributed by atoms with Crippen molar-refractivity contribution in [1.82, 2.24) is 0 Å². The highest BCUT2D eigenvalue weighted by atomic mass is 32.2. The molecule has 0 amide bonds. The molecule has 0 aromatic heterocycles. The Labute approximate surface area is 145 Å². The van der Waals surface area contributed by atoms with Crippen LogP contribution in [-0.2, 0) is 27.8 Å². The second kappa shape index (κ2) is 5.85. The van der Waals surface area contributed by atoms with Crippen molar-refractivity contribution in [2.75, 3.05) is 0 Å². The van der Waals surface area contributed by atoms with E-state index in [-0.39, 0.29) is 18.9 Å². The van der Waals surface area contributed by atoms with Gasteiger partial charge in [-0.3, -0.25) is 0 Å². The zero-order valence-electron chi connectivity index (χ0n) is 13.4. The lowest BCUT2D eigenvalue weighted by Gasteiger charge is -2.44. The summed E-state index contributed by atoms with van der Waals surface area (Å²) < 4.78 is 103. The number of aliphatic hydroxyl groups is 1. The van der Waals surface area contributed by atoms with Crippen LogP contribution >= 0.6 is 0 Å². The van der Waals surface area contributed by atoms with Gasteiger partial charge in [-0.2, -0.15) is 26.3 Å². The van der Waals surface area contributed by atoms with Crippen molar-refractivity contribution in [2.24, 2.45) is 0 Å². The minimum atomic E-state index is -5.02. The number of hydrogen-bond donors (Lipinski definition) is 1. The summed E-state index contributed by atoms with van der Waals surface area (Å²) in [6.07, 6.45) is -9.76. The van der Waals surface area contributed by atoms with Gasteiger partial charge in [0.1, 0.15) is 0 Å². The summed E-state index contributed by atoms with van der Waals surface area (Å²) in [6, 6.07) is 0.971. The summed E-state index contributed by atoms with van der Waals surface area (Å²) in [5.74, 6) is 0. The van der Waals surface area contributed by atoms with Crippen molar-refractivity contribution in [3.8, 4) is 0 Å². The van der Waals surface area contributed by atoms with E-state index in [0.717, 1.165) is 0 Å². The molecule has 2 bridgehead atoms. The van der Waals surface area contributed by atoms with Gasteiger partial charge in [-0.25, -0.2) is 8.42 Å². The van der Waals surface area contributed by atoms with Gasteiger partial charge in [-0.15, -0.1) is 0 Å². The van der Waals surface area contributed by atoms with Gasteiger partial charge in [0.15, 0.2) is 9.84 Å². The van der Waals surface area contributed by atoms with E-state index >= 15 is 0 Å². The third-order valence-electron chi connectivity index (χ3n) is 5.24. The lowest BCUT2D eigenvalue weighted by Crippen LogP contribution is -2.50. The number of halogens is 6. The quantitative estimate of drug-likeness (QED) is 0.722. The first-order valence-corrected chi connectivity index (χ1v) is 9.59. The Morgan fingerprint density at radius 3 is 1.69 bits per heavy atom. The van der Waals surface area contributed by atoms with Gasteiger partial charge in [0.25, 0.3) is 0 Å². The van der Waals surface area contributed by atoms with E-state index in [0.29, 0.717) is 18.6 Å². The number of hydrogen-bond acceptors (Lipinski definition) is 3. The Morgan fingerprint density at radius 1 is 0.885 bits per heavy atom. The maximum Gasteiger partial charge on any atom is 0.416 e. The molecule has 0 spiro atoms. The summed E-state index contributed by atoms with van der Waals surface area (Å²) in [5, 5.41) is 8.95. The summed E-state index contributed by atoms with van der Waals surface area (Å²) in [4.78, 5) is 0. The first kappa shape index (κ1) is 19.5. The first-order valence-electron chi connectivity index (χ1n) is 7.98. The third kappa shape index (κ3) is 3.33. The lowest BCUT2D eigenvalue weighted by molar-refractivity contribution is -0.143. The van der Waals surface area contributed by atoms with E-state index in [2.05, 4.69) is 0 Å². The largest absolute Gasteiger partial charge is 0.416 e. The average Bonchev–Trinajstić information content (AvgIpc) is 2.47. The summed E-state index contributed by atoms with van der Waals surface area (Å²) >= 11 is 0. The second-order valence-corrected chi connectivity index (χ2v) is 9.51. The fourth-order valence-electron chi connectivity index (χ4n) is 3.91. The van der Waals surface area contributed by atoms with Crippen LogP contribution in [0, 0.1) is 0 Å². The van der Waals surface area contributed by atoms with E-state index < -0.39 is 67.8 Å². The Kier molecular flexibility index (Phi) is 4.38. The van der Waals surface area contributed by atoms with E-state index in [9.17, 15) is 39.9 Å². The number of benzene rings is 1. The van der Waals surface area contributed by atoms with Crippen molar-refractivity contribution in [2.45, 2.75) is 60.6 Å². The summed E-state index contributed by atoms with van der Waals surface area (Å²) in [7, 11) is -3.53. The Balaban J connectivity index is 2.11. The maximum atomic E-state index is 13.0. The highest BCUT2D eigenvalue weighted by molar-refractivity contribution is 7.92. The lowest BCUT2D eigenvalue weighted by atomic mass is 9.79. The van der Waals surface area contributed by atoms with Crippen LogP contribution in [0.25, 0.3) is 0 Å². The molecule has 3 rings (SSSR count). The molecule has 10 heteroatoms. The van der Waals surface area contributed by atoms with Crippen molar-refractivity contribution in [3.63, 3.8) is 0 Å². The van der Waals surface area contributed by atoms with Crippen LogP contribution in [-0.4, -0.2) is 24.0 Å². The smallest absolute Gasteiger partial charge is 0.385 e. The van der Waals surface area contributed by atoms with Crippen LogP contribution in [0.15, 0.2) is 18.2 Å². The molecule has 1 aromatic carbocycles. The molecule has 146 valence electrons. The van der Waals surface area contributed by atoms with Gasteiger partial charge < -0.3 is 5.11 Å². The molecule has 2 heterocycles. The zero-order valence-corrected chi connectivity index (χ0v) is 14.2. The molecule has 2 aliphatic heterocycles. The standard InChI is InChI=1S/C16H16F6O3S/c17-15(18,19)10-4-9(5-11(6-10)16(20,21)22)14(23)7-12-2-1-3-13(8-14)26(12,24)25/h4-6,12-13,23H,1-3,7-8H2. The predicted octanol–water partition coefficient (Wildman–Crippen LogP) is 4.04. The number of fused-ring (bicyclic) bond motifs is 2. The molecule has 0 aliphatic carbocycles. The second-order valence-electron chi connectivity index (χ2n) is 7.00. The molecule has 2 atom stereocenters. The predicted molar refractivity (Wildman–Crippen MR) is 79.9 cm³/mol. The Morgan fingerprint density at radius 2 is 1.31 bits per heavy atom. The molecule has 2 aliphatic rings. The molecular formula is C16H16F6O3S. The van der Waals surface area contributed by atoms with Crippen LogP contribution in [0.1, 0.15) is 48.8 Å². The molecule has 2 unspecified atom stereocenters. The van der Waals surface area contributed by atoms with Crippen LogP contribution in [0.4, 0.5) is 26.3 Å². The zero-order chi connectivity index (χ0) is 19.5. The van der Waals surface area contributed by atoms with Crippen molar-refractivity contribution < 1.29 is 39.9 Å². The van der Waals surface area contributed by atoms with Crippen LogP contribution in [0.5, 0.6) is 0 Å². The molecule has 26 heavy (non-hydrogen) atoms. The topological polar surface area (TPSA) is 54.4 Å². The monoisotopic (exact) mass is 402 g/mol. The van der Waals surface area contributed by atoms with E-state index in [1.165, 1.54) is 0 Å². The highest BCUT2D eigenvalue weighted by Gasteiger charge is 2.51. The third-order valence-corrected chi connectivity index (χ3v) is 7.90. The Bertz CT molecular complexity index is 760. The molecule has 2 saturated heterocycles. The molecule has 2 fully saturated rings. The molecule has 3 nitrogen and oxygen atoms in total. The normalized spacial score (nSPS) is 31.7.